The molecule has 0 aromatic rings. The summed E-state index contributed by atoms with van der Waals surface area (Å²) in [5.74, 6) is 0.990. The number of rotatable bonds is 60. The van der Waals surface area contributed by atoms with E-state index in [4.69, 9.17) is 0 Å². The highest BCUT2D eigenvalue weighted by molar-refractivity contribution is 4.97. The molecular formula is C81H146O. The van der Waals surface area contributed by atoms with Gasteiger partial charge in [-0.25, -0.2) is 0 Å². The molecule has 2 aliphatic rings. The molecule has 2 rings (SSSR count). The number of aliphatic hydroxyl groups is 1. The fourth-order valence-corrected chi connectivity index (χ4v) is 13.4. The van der Waals surface area contributed by atoms with E-state index in [1.165, 1.54) is 321 Å². The normalized spacial score (nSPS) is 15.8. The maximum Gasteiger partial charge on any atom is 0.0550 e. The lowest BCUT2D eigenvalue weighted by molar-refractivity contribution is -0.0455. The fourth-order valence-electron chi connectivity index (χ4n) is 13.4. The van der Waals surface area contributed by atoms with Crippen LogP contribution in [0.3, 0.4) is 0 Å². The van der Waals surface area contributed by atoms with Crippen LogP contribution in [0, 0.1) is 16.7 Å². The van der Waals surface area contributed by atoms with Gasteiger partial charge in [0.05, 0.1) is 6.10 Å². The molecule has 2 aliphatic carbocycles. The molecule has 82 heavy (non-hydrogen) atoms. The minimum Gasteiger partial charge on any atom is -0.393 e. The van der Waals surface area contributed by atoms with Gasteiger partial charge in [0.25, 0.3) is 0 Å². The van der Waals surface area contributed by atoms with Crippen LogP contribution in [-0.4, -0.2) is 11.2 Å². The van der Waals surface area contributed by atoms with Crippen molar-refractivity contribution in [3.05, 3.63) is 97.2 Å². The van der Waals surface area contributed by atoms with E-state index in [1.807, 2.05) is 0 Å². The third-order valence-corrected chi connectivity index (χ3v) is 18.5. The number of unbranched alkanes of at least 4 members (excludes halogenated alkanes) is 36. The highest BCUT2D eigenvalue weighted by Gasteiger charge is 2.42. The van der Waals surface area contributed by atoms with Crippen molar-refractivity contribution >= 4 is 0 Å². The molecule has 0 aliphatic heterocycles. The fraction of sp³-hybridized carbons (Fsp3) is 0.802. The highest BCUT2D eigenvalue weighted by Crippen LogP contribution is 2.53. The van der Waals surface area contributed by atoms with Crippen LogP contribution < -0.4 is 0 Å². The molecule has 0 amide bonds. The van der Waals surface area contributed by atoms with Crippen molar-refractivity contribution in [3.8, 4) is 0 Å². The van der Waals surface area contributed by atoms with Crippen LogP contribution in [0.4, 0.5) is 0 Å². The Hall–Kier alpha value is -2.12. The number of hydrogen-bond donors (Lipinski definition) is 1. The molecule has 2 saturated carbocycles. The predicted octanol–water partition coefficient (Wildman–Crippen LogP) is 28.3. The molecular weight excluding hydrogens is 989 g/mol. The van der Waals surface area contributed by atoms with Crippen molar-refractivity contribution in [1.82, 2.24) is 0 Å². The van der Waals surface area contributed by atoms with Crippen LogP contribution in [0.5, 0.6) is 0 Å². The van der Waals surface area contributed by atoms with Gasteiger partial charge in [-0.05, 0) is 197 Å². The van der Waals surface area contributed by atoms with Gasteiger partial charge in [0, 0.05) is 0 Å². The Balaban J connectivity index is 0.000000820. The largest absolute Gasteiger partial charge is 0.393 e. The van der Waals surface area contributed by atoms with Crippen LogP contribution in [-0.2, 0) is 0 Å². The number of hydrogen-bond acceptors (Lipinski definition) is 1. The molecule has 0 atom stereocenters. The summed E-state index contributed by atoms with van der Waals surface area (Å²) in [4.78, 5) is 0. The summed E-state index contributed by atoms with van der Waals surface area (Å²) in [6, 6.07) is 0. The van der Waals surface area contributed by atoms with Gasteiger partial charge in [-0.1, -0.05) is 312 Å². The van der Waals surface area contributed by atoms with E-state index in [0.29, 0.717) is 5.41 Å². The van der Waals surface area contributed by atoms with E-state index in [1.54, 1.807) is 0 Å². The van der Waals surface area contributed by atoms with Gasteiger partial charge in [-0.2, -0.15) is 0 Å². The Morgan fingerprint density at radius 3 is 0.622 bits per heavy atom. The average molecular weight is 1140 g/mol. The molecule has 0 heterocycles. The second-order valence-electron chi connectivity index (χ2n) is 26.9. The summed E-state index contributed by atoms with van der Waals surface area (Å²) in [5.41, 5.74) is 1.23. The van der Waals surface area contributed by atoms with Crippen molar-refractivity contribution in [2.24, 2.45) is 16.7 Å². The molecule has 0 aromatic heterocycles. The van der Waals surface area contributed by atoms with E-state index < -0.39 is 0 Å². The molecule has 1 nitrogen and oxygen atoms in total. The smallest absolute Gasteiger partial charge is 0.0550 e. The zero-order valence-corrected chi connectivity index (χ0v) is 56.4. The maximum absolute atomic E-state index is 10.0. The van der Waals surface area contributed by atoms with E-state index in [9.17, 15) is 5.11 Å². The maximum atomic E-state index is 10.0. The lowest BCUT2D eigenvalue weighted by atomic mass is 9.58. The molecule has 1 heteroatoms. The van der Waals surface area contributed by atoms with Crippen molar-refractivity contribution in [3.63, 3.8) is 0 Å². The summed E-state index contributed by atoms with van der Waals surface area (Å²) < 4.78 is 0. The van der Waals surface area contributed by atoms with Crippen LogP contribution in [0.2, 0.25) is 0 Å². The van der Waals surface area contributed by atoms with Gasteiger partial charge in [0.1, 0.15) is 0 Å². The topological polar surface area (TPSA) is 20.2 Å². The van der Waals surface area contributed by atoms with E-state index in [0.717, 1.165) is 49.9 Å². The Bertz CT molecular complexity index is 1300. The second kappa shape index (κ2) is 61.9. The predicted molar refractivity (Wildman–Crippen MR) is 374 cm³/mol. The molecule has 2 fully saturated rings. The van der Waals surface area contributed by atoms with Gasteiger partial charge in [0.2, 0.25) is 0 Å². The van der Waals surface area contributed by atoms with Crippen LogP contribution in [0.1, 0.15) is 394 Å². The summed E-state index contributed by atoms with van der Waals surface area (Å²) in [5, 5.41) is 10.0. The highest BCUT2D eigenvalue weighted by atomic mass is 16.3. The second-order valence-corrected chi connectivity index (χ2v) is 26.9. The Labute approximate surface area is 516 Å². The first-order chi connectivity index (χ1) is 40.4. The third kappa shape index (κ3) is 52.2. The van der Waals surface area contributed by atoms with Crippen LogP contribution >= 0.6 is 0 Å². The van der Waals surface area contributed by atoms with Crippen molar-refractivity contribution in [2.45, 2.75) is 400 Å². The van der Waals surface area contributed by atoms with Gasteiger partial charge in [-0.15, -0.1) is 0 Å². The monoisotopic (exact) mass is 1140 g/mol. The molecule has 0 saturated heterocycles. The first-order valence-electron chi connectivity index (χ1n) is 37.3. The van der Waals surface area contributed by atoms with Crippen LogP contribution in [0.15, 0.2) is 97.2 Å². The molecule has 1 N–H and O–H groups in total. The van der Waals surface area contributed by atoms with E-state index in [2.05, 4.69) is 132 Å². The Morgan fingerprint density at radius 2 is 0.427 bits per heavy atom. The molecule has 0 spiro atoms. The number of allylic oxidation sites excluding steroid dienone is 16. The standard InChI is InChI=1S/C41H74.C40H72O/c1-4-6-8-10-12-14-16-18-20-22-24-26-28-30-32-34-36-41(38-40(3)39-41)37-35-33-31-29-27-25-23-21-19-17-15-13-11-9-7-5-2;1-3-5-7-9-11-13-15-17-19-21-23-25-27-29-31-33-35-40(37-39(41)38-40)36-34-32-30-28-26-24-22-20-18-16-14-12-10-8-6-4-2/h12-15,18-21,40H,4-11,16-17,22-39H2,1-3H3;11-14,17-20,39,41H,3-10,15-16,21-38H2,1-2H3/b14-12-,15-13-,20-18-,21-19-;13-11-,14-12-,19-17-,20-18-. The average Bonchev–Trinajstić information content (AvgIpc) is 3.65. The van der Waals surface area contributed by atoms with Gasteiger partial charge in [-0.3, -0.25) is 0 Å². The summed E-state index contributed by atoms with van der Waals surface area (Å²) in [6.07, 6.45) is 113. The van der Waals surface area contributed by atoms with Crippen molar-refractivity contribution < 1.29 is 5.11 Å². The quantitative estimate of drug-likeness (QED) is 0.0475. The molecule has 0 bridgehead atoms. The summed E-state index contributed by atoms with van der Waals surface area (Å²) >= 11 is 0. The Kier molecular flexibility index (Phi) is 58.8. The minimum atomic E-state index is -0.00999. The molecule has 476 valence electrons. The summed E-state index contributed by atoms with van der Waals surface area (Å²) in [6.45, 7) is 11.6. The molecule has 0 unspecified atom stereocenters. The zero-order chi connectivity index (χ0) is 59.1. The van der Waals surface area contributed by atoms with Crippen molar-refractivity contribution in [2.75, 3.05) is 0 Å². The third-order valence-electron chi connectivity index (χ3n) is 18.5. The molecule has 0 radical (unpaired) electrons. The SMILES string of the molecule is CCCCC/C=C\C/C=C\CCCCCCCCC1(CCCCCCCC/C=C\C/C=C\CCCCC)CC(C)C1.CCCCC/C=C\C/C=C\CCCCCCCCC1(CCCCCCCC/C=C\C/C=C\CCCCC)CC(O)C1. The lowest BCUT2D eigenvalue weighted by Gasteiger charge is -2.47. The van der Waals surface area contributed by atoms with Gasteiger partial charge >= 0.3 is 0 Å². The van der Waals surface area contributed by atoms with E-state index >= 15 is 0 Å². The van der Waals surface area contributed by atoms with E-state index in [-0.39, 0.29) is 6.10 Å². The van der Waals surface area contributed by atoms with Gasteiger partial charge in [0.15, 0.2) is 0 Å². The van der Waals surface area contributed by atoms with Crippen molar-refractivity contribution in [1.29, 1.82) is 0 Å². The first-order valence-corrected chi connectivity index (χ1v) is 37.3. The van der Waals surface area contributed by atoms with Gasteiger partial charge < -0.3 is 5.11 Å². The number of aliphatic hydroxyl groups excluding tert-OH is 1. The zero-order valence-electron chi connectivity index (χ0n) is 56.4. The van der Waals surface area contributed by atoms with Crippen LogP contribution in [0.25, 0.3) is 0 Å². The first kappa shape index (κ1) is 77.9. The Morgan fingerprint density at radius 1 is 0.244 bits per heavy atom. The lowest BCUT2D eigenvalue weighted by Crippen LogP contribution is -2.40. The minimum absolute atomic E-state index is 0.00999. The summed E-state index contributed by atoms with van der Waals surface area (Å²) in [7, 11) is 0. The molecule has 0 aromatic carbocycles.